The molecular weight excluding hydrogens is 455 g/mol. The van der Waals surface area contributed by atoms with Gasteiger partial charge >= 0.3 is 0 Å². The first-order valence-corrected chi connectivity index (χ1v) is 9.32. The molecule has 1 saturated heterocycles. The number of hydrogen-bond donors (Lipinski definition) is 2. The number of halogens is 1. The fourth-order valence-corrected chi connectivity index (χ4v) is 3.02. The minimum absolute atomic E-state index is 0. The molecule has 1 aliphatic rings. The maximum Gasteiger partial charge on any atom is 0.191 e. The van der Waals surface area contributed by atoms with Crippen LogP contribution in [0.1, 0.15) is 18.2 Å². The van der Waals surface area contributed by atoms with E-state index in [1.807, 2.05) is 12.1 Å². The third kappa shape index (κ3) is 6.73. The molecule has 7 heteroatoms. The quantitative estimate of drug-likeness (QED) is 0.360. The summed E-state index contributed by atoms with van der Waals surface area (Å²) in [5.41, 5.74) is 2.49. The van der Waals surface area contributed by atoms with Crippen LogP contribution < -0.4 is 15.5 Å². The summed E-state index contributed by atoms with van der Waals surface area (Å²) >= 11 is 0. The summed E-state index contributed by atoms with van der Waals surface area (Å²) in [7, 11) is 0. The second kappa shape index (κ2) is 11.9. The van der Waals surface area contributed by atoms with Crippen molar-refractivity contribution < 1.29 is 9.15 Å². The van der Waals surface area contributed by atoms with Crippen molar-refractivity contribution >= 4 is 35.6 Å². The topological polar surface area (TPSA) is 62.0 Å². The summed E-state index contributed by atoms with van der Waals surface area (Å²) < 4.78 is 10.8. The number of benzene rings is 1. The van der Waals surface area contributed by atoms with E-state index in [4.69, 9.17) is 14.1 Å². The first kappa shape index (κ1) is 21.6. The van der Waals surface area contributed by atoms with Gasteiger partial charge in [-0.15, -0.1) is 24.0 Å². The Morgan fingerprint density at radius 3 is 2.67 bits per heavy atom. The van der Waals surface area contributed by atoms with Crippen molar-refractivity contribution in [3.63, 3.8) is 0 Å². The van der Waals surface area contributed by atoms with Crippen LogP contribution >= 0.6 is 24.0 Å². The lowest BCUT2D eigenvalue weighted by Gasteiger charge is -2.30. The molecule has 3 rings (SSSR count). The van der Waals surface area contributed by atoms with Crippen LogP contribution in [0.5, 0.6) is 0 Å². The molecule has 2 heterocycles. The molecule has 0 atom stereocenters. The van der Waals surface area contributed by atoms with Crippen LogP contribution in [0.3, 0.4) is 0 Å². The first-order chi connectivity index (χ1) is 12.9. The van der Waals surface area contributed by atoms with Gasteiger partial charge in [-0.25, -0.2) is 4.99 Å². The zero-order valence-electron chi connectivity index (χ0n) is 15.8. The molecule has 0 aliphatic carbocycles. The number of rotatable bonds is 7. The van der Waals surface area contributed by atoms with Crippen LogP contribution in [-0.2, 0) is 17.7 Å². The van der Waals surface area contributed by atoms with Crippen LogP contribution in [0.15, 0.2) is 52.1 Å². The summed E-state index contributed by atoms with van der Waals surface area (Å²) in [6, 6.07) is 12.4. The molecule has 1 aromatic carbocycles. The minimum atomic E-state index is 0. The number of morpholine rings is 1. The Bertz CT molecular complexity index is 685. The monoisotopic (exact) mass is 484 g/mol. The van der Waals surface area contributed by atoms with E-state index in [9.17, 15) is 0 Å². The van der Waals surface area contributed by atoms with Crippen LogP contribution in [0.2, 0.25) is 0 Å². The average molecular weight is 484 g/mol. The Morgan fingerprint density at radius 2 is 1.93 bits per heavy atom. The minimum Gasteiger partial charge on any atom is -0.469 e. The number of hydrogen-bond acceptors (Lipinski definition) is 4. The van der Waals surface area contributed by atoms with Crippen molar-refractivity contribution in [2.75, 3.05) is 44.3 Å². The molecule has 1 aliphatic heterocycles. The second-order valence-electron chi connectivity index (χ2n) is 6.18. The molecule has 2 N–H and O–H groups in total. The summed E-state index contributed by atoms with van der Waals surface area (Å²) in [4.78, 5) is 7.14. The fourth-order valence-electron chi connectivity index (χ4n) is 3.02. The molecule has 1 fully saturated rings. The first-order valence-electron chi connectivity index (χ1n) is 9.32. The van der Waals surface area contributed by atoms with Gasteiger partial charge in [0.25, 0.3) is 0 Å². The molecule has 6 nitrogen and oxygen atoms in total. The lowest BCUT2D eigenvalue weighted by molar-refractivity contribution is 0.122. The lowest BCUT2D eigenvalue weighted by atomic mass is 10.1. The van der Waals surface area contributed by atoms with Crippen LogP contribution in [0.4, 0.5) is 5.69 Å². The molecule has 0 radical (unpaired) electrons. The maximum atomic E-state index is 5.47. The highest BCUT2D eigenvalue weighted by Crippen LogP contribution is 2.22. The molecule has 0 saturated carbocycles. The number of nitrogens with one attached hydrogen (secondary N) is 2. The highest BCUT2D eigenvalue weighted by Gasteiger charge is 2.14. The number of nitrogens with zero attached hydrogens (tertiary/aromatic N) is 2. The SMILES string of the molecule is CCNC(=NCc1ccccc1N1CCOCC1)NCCc1ccco1.I. The lowest BCUT2D eigenvalue weighted by Crippen LogP contribution is -2.38. The van der Waals surface area contributed by atoms with Gasteiger partial charge in [0, 0.05) is 38.3 Å². The highest BCUT2D eigenvalue weighted by atomic mass is 127. The number of para-hydroxylation sites is 1. The molecular formula is C20H29IN4O2. The third-order valence-corrected chi connectivity index (χ3v) is 4.34. The largest absolute Gasteiger partial charge is 0.469 e. The average Bonchev–Trinajstić information content (AvgIpc) is 3.20. The molecule has 0 unspecified atom stereocenters. The standard InChI is InChI=1S/C20H28N4O2.HI/c1-2-21-20(22-10-9-18-7-5-13-26-18)23-16-17-6-3-4-8-19(17)24-11-14-25-15-12-24;/h3-8,13H,2,9-12,14-16H2,1H3,(H2,21,22,23);1H. The number of guanidine groups is 1. The molecule has 2 aromatic rings. The Morgan fingerprint density at radius 1 is 1.11 bits per heavy atom. The number of furan rings is 1. The van der Waals surface area contributed by atoms with E-state index in [-0.39, 0.29) is 24.0 Å². The highest BCUT2D eigenvalue weighted by molar-refractivity contribution is 14.0. The predicted molar refractivity (Wildman–Crippen MR) is 120 cm³/mol. The predicted octanol–water partition coefficient (Wildman–Crippen LogP) is 3.03. The van der Waals surface area contributed by atoms with Gasteiger partial charge in [0.2, 0.25) is 0 Å². The zero-order chi connectivity index (χ0) is 18.0. The van der Waals surface area contributed by atoms with Crippen LogP contribution in [0, 0.1) is 0 Å². The van der Waals surface area contributed by atoms with Crippen LogP contribution in [-0.4, -0.2) is 45.4 Å². The second-order valence-corrected chi connectivity index (χ2v) is 6.18. The van der Waals surface area contributed by atoms with Crippen molar-refractivity contribution in [2.45, 2.75) is 19.9 Å². The fraction of sp³-hybridized carbons (Fsp3) is 0.450. The Kier molecular flexibility index (Phi) is 9.47. The Balaban J connectivity index is 0.00000261. The van der Waals surface area contributed by atoms with Gasteiger partial charge in [-0.2, -0.15) is 0 Å². The molecule has 148 valence electrons. The van der Waals surface area contributed by atoms with Crippen molar-refractivity contribution in [1.29, 1.82) is 0 Å². The molecule has 0 spiro atoms. The summed E-state index contributed by atoms with van der Waals surface area (Å²) in [6.45, 7) is 7.77. The van der Waals surface area contributed by atoms with Crippen LogP contribution in [0.25, 0.3) is 0 Å². The Hall–Kier alpha value is -1.74. The van der Waals surface area contributed by atoms with E-state index < -0.39 is 0 Å². The molecule has 0 amide bonds. The van der Waals surface area contributed by atoms with E-state index >= 15 is 0 Å². The number of anilines is 1. The van der Waals surface area contributed by atoms with Crippen molar-refractivity contribution in [1.82, 2.24) is 10.6 Å². The van der Waals surface area contributed by atoms with Gasteiger partial charge in [-0.1, -0.05) is 18.2 Å². The summed E-state index contributed by atoms with van der Waals surface area (Å²) in [5, 5.41) is 6.68. The van der Waals surface area contributed by atoms with Crippen molar-refractivity contribution in [2.24, 2.45) is 4.99 Å². The van der Waals surface area contributed by atoms with Gasteiger partial charge in [0.1, 0.15) is 5.76 Å². The van der Waals surface area contributed by atoms with E-state index in [1.165, 1.54) is 11.3 Å². The Labute approximate surface area is 178 Å². The number of ether oxygens (including phenoxy) is 1. The van der Waals surface area contributed by atoms with Crippen molar-refractivity contribution in [3.8, 4) is 0 Å². The maximum absolute atomic E-state index is 5.47. The van der Waals surface area contributed by atoms with E-state index in [2.05, 4.69) is 46.7 Å². The third-order valence-electron chi connectivity index (χ3n) is 4.34. The number of aliphatic imine (C=N–C) groups is 1. The van der Waals surface area contributed by atoms with E-state index in [0.717, 1.165) is 57.5 Å². The zero-order valence-corrected chi connectivity index (χ0v) is 18.1. The van der Waals surface area contributed by atoms with Crippen molar-refractivity contribution in [3.05, 3.63) is 54.0 Å². The van der Waals surface area contributed by atoms with Gasteiger partial charge in [0.15, 0.2) is 5.96 Å². The van der Waals surface area contributed by atoms with Gasteiger partial charge in [-0.3, -0.25) is 0 Å². The normalized spacial score (nSPS) is 14.6. The summed E-state index contributed by atoms with van der Waals surface area (Å²) in [5.74, 6) is 1.81. The van der Waals surface area contributed by atoms with E-state index in [1.54, 1.807) is 6.26 Å². The summed E-state index contributed by atoms with van der Waals surface area (Å²) in [6.07, 6.45) is 2.54. The molecule has 27 heavy (non-hydrogen) atoms. The van der Waals surface area contributed by atoms with Gasteiger partial charge < -0.3 is 24.7 Å². The smallest absolute Gasteiger partial charge is 0.191 e. The molecule has 0 bridgehead atoms. The van der Waals surface area contributed by atoms with E-state index in [0.29, 0.717) is 6.54 Å². The van der Waals surface area contributed by atoms with Gasteiger partial charge in [-0.05, 0) is 30.7 Å². The van der Waals surface area contributed by atoms with Gasteiger partial charge in [0.05, 0.1) is 26.0 Å². The molecule has 1 aromatic heterocycles.